The number of nitrogens with one attached hydrogen (secondary N) is 1. The van der Waals surface area contributed by atoms with Crippen LogP contribution in [0.5, 0.6) is 0 Å². The van der Waals surface area contributed by atoms with E-state index in [1.54, 1.807) is 6.07 Å². The van der Waals surface area contributed by atoms with Crippen molar-refractivity contribution in [3.8, 4) is 0 Å². The van der Waals surface area contributed by atoms with E-state index in [4.69, 9.17) is 0 Å². The molecule has 4 nitrogen and oxygen atoms in total. The smallest absolute Gasteiger partial charge is 0.317 e. The van der Waals surface area contributed by atoms with Crippen LogP contribution in [0.4, 0.5) is 19.3 Å². The van der Waals surface area contributed by atoms with E-state index in [2.05, 4.69) is 19.2 Å². The first-order valence-electron chi connectivity index (χ1n) is 9.15. The summed E-state index contributed by atoms with van der Waals surface area (Å²) in [5.74, 6) is -0.217. The van der Waals surface area contributed by atoms with Gasteiger partial charge in [0.1, 0.15) is 0 Å². The number of rotatable bonds is 3. The zero-order valence-corrected chi connectivity index (χ0v) is 15.0. The van der Waals surface area contributed by atoms with Crippen molar-refractivity contribution in [3.05, 3.63) is 29.8 Å². The lowest BCUT2D eigenvalue weighted by Crippen LogP contribution is -2.48. The third kappa shape index (κ3) is 4.41. The molecule has 0 spiro atoms. The number of amides is 2. The summed E-state index contributed by atoms with van der Waals surface area (Å²) in [5.41, 5.74) is 0.700. The molecule has 2 saturated heterocycles. The molecule has 0 bridgehead atoms. The molecule has 0 aliphatic carbocycles. The van der Waals surface area contributed by atoms with Crippen LogP contribution in [0.1, 0.15) is 26.7 Å². The van der Waals surface area contributed by atoms with Gasteiger partial charge >= 0.3 is 6.03 Å². The Labute approximate surface area is 148 Å². The molecule has 2 aliphatic heterocycles. The fraction of sp³-hybridized carbons (Fsp3) is 0.632. The van der Waals surface area contributed by atoms with E-state index in [-0.39, 0.29) is 6.03 Å². The van der Waals surface area contributed by atoms with Gasteiger partial charge in [0.15, 0.2) is 11.6 Å². The lowest BCUT2D eigenvalue weighted by atomic mass is 9.92. The zero-order chi connectivity index (χ0) is 18.0. The number of piperidine rings is 1. The largest absolute Gasteiger partial charge is 0.371 e. The number of anilines is 1. The molecule has 3 rings (SSSR count). The van der Waals surface area contributed by atoms with Crippen LogP contribution in [0.25, 0.3) is 0 Å². The van der Waals surface area contributed by atoms with Crippen molar-refractivity contribution in [1.29, 1.82) is 0 Å². The van der Waals surface area contributed by atoms with E-state index in [9.17, 15) is 13.6 Å². The third-order valence-electron chi connectivity index (χ3n) is 5.25. The van der Waals surface area contributed by atoms with E-state index < -0.39 is 11.6 Å². The van der Waals surface area contributed by atoms with Gasteiger partial charge in [-0.3, -0.25) is 0 Å². The summed E-state index contributed by atoms with van der Waals surface area (Å²) >= 11 is 0. The Bertz CT molecular complexity index is 615. The summed E-state index contributed by atoms with van der Waals surface area (Å²) in [7, 11) is 0. The summed E-state index contributed by atoms with van der Waals surface area (Å²) in [5, 5.41) is 3.05. The standard InChI is InChI=1S/C19H27F2N3O/c1-13-7-14(2)11-24(10-13)19(25)22-9-15-5-6-23(12-15)16-3-4-17(20)18(21)8-16/h3-4,8,13-15H,5-7,9-12H2,1-2H3,(H,22,25). The van der Waals surface area contributed by atoms with E-state index in [1.165, 1.54) is 18.6 Å². The van der Waals surface area contributed by atoms with Crippen molar-refractivity contribution in [1.82, 2.24) is 10.2 Å². The Balaban J connectivity index is 1.48. The zero-order valence-electron chi connectivity index (χ0n) is 15.0. The van der Waals surface area contributed by atoms with E-state index >= 15 is 0 Å². The summed E-state index contributed by atoms with van der Waals surface area (Å²) < 4.78 is 26.4. The number of urea groups is 1. The number of likely N-dealkylation sites (tertiary alicyclic amines) is 1. The predicted octanol–water partition coefficient (Wildman–Crippen LogP) is 3.48. The third-order valence-corrected chi connectivity index (χ3v) is 5.25. The molecule has 2 aliphatic rings. The summed E-state index contributed by atoms with van der Waals surface area (Å²) in [6.45, 7) is 8.18. The number of carbonyl (C=O) groups excluding carboxylic acids is 1. The minimum absolute atomic E-state index is 0.0182. The van der Waals surface area contributed by atoms with Gasteiger partial charge in [-0.25, -0.2) is 13.6 Å². The minimum atomic E-state index is -0.822. The highest BCUT2D eigenvalue weighted by Crippen LogP contribution is 2.25. The number of nitrogens with zero attached hydrogens (tertiary/aromatic N) is 2. The number of hydrogen-bond donors (Lipinski definition) is 1. The quantitative estimate of drug-likeness (QED) is 0.905. The van der Waals surface area contributed by atoms with Gasteiger partial charge in [0, 0.05) is 44.5 Å². The van der Waals surface area contributed by atoms with E-state index in [0.717, 1.165) is 32.6 Å². The molecule has 0 radical (unpaired) electrons. The van der Waals surface area contributed by atoms with Gasteiger partial charge in [-0.1, -0.05) is 13.8 Å². The van der Waals surface area contributed by atoms with Crippen molar-refractivity contribution in [3.63, 3.8) is 0 Å². The first kappa shape index (κ1) is 18.0. The molecule has 6 heteroatoms. The highest BCUT2D eigenvalue weighted by atomic mass is 19.2. The fourth-order valence-corrected chi connectivity index (χ4v) is 4.09. The normalized spacial score (nSPS) is 26.8. The van der Waals surface area contributed by atoms with Gasteiger partial charge in [-0.05, 0) is 42.7 Å². The summed E-state index contributed by atoms with van der Waals surface area (Å²) in [6.07, 6.45) is 2.11. The van der Waals surface area contributed by atoms with Gasteiger partial charge in [-0.15, -0.1) is 0 Å². The SMILES string of the molecule is CC1CC(C)CN(C(=O)NCC2CCN(c3ccc(F)c(F)c3)C2)C1. The Kier molecular flexibility index (Phi) is 5.45. The van der Waals surface area contributed by atoms with Gasteiger partial charge in [0.2, 0.25) is 0 Å². The summed E-state index contributed by atoms with van der Waals surface area (Å²) in [4.78, 5) is 16.4. The number of hydrogen-bond acceptors (Lipinski definition) is 2. The first-order valence-corrected chi connectivity index (χ1v) is 9.15. The molecule has 0 saturated carbocycles. The fourth-order valence-electron chi connectivity index (χ4n) is 4.09. The maximum atomic E-state index is 13.4. The molecule has 2 amide bonds. The molecular weight excluding hydrogens is 324 g/mol. The Morgan fingerprint density at radius 2 is 1.88 bits per heavy atom. The highest BCUT2D eigenvalue weighted by Gasteiger charge is 2.27. The minimum Gasteiger partial charge on any atom is -0.371 e. The molecule has 2 heterocycles. The lowest BCUT2D eigenvalue weighted by Gasteiger charge is -2.35. The Hall–Kier alpha value is -1.85. The van der Waals surface area contributed by atoms with Crippen LogP contribution in [0, 0.1) is 29.4 Å². The topological polar surface area (TPSA) is 35.6 Å². The van der Waals surface area contributed by atoms with Crippen LogP contribution in [0.3, 0.4) is 0 Å². The van der Waals surface area contributed by atoms with Gasteiger partial charge < -0.3 is 15.1 Å². The van der Waals surface area contributed by atoms with E-state index in [1.807, 2.05) is 9.80 Å². The molecule has 2 fully saturated rings. The van der Waals surface area contributed by atoms with Crippen LogP contribution in [-0.2, 0) is 0 Å². The molecule has 1 N–H and O–H groups in total. The van der Waals surface area contributed by atoms with Crippen molar-refractivity contribution < 1.29 is 13.6 Å². The molecule has 1 aromatic rings. The molecular formula is C19H27F2N3O. The van der Waals surface area contributed by atoms with Crippen molar-refractivity contribution in [2.24, 2.45) is 17.8 Å². The second-order valence-corrected chi connectivity index (χ2v) is 7.74. The van der Waals surface area contributed by atoms with Crippen LogP contribution in [-0.4, -0.2) is 43.7 Å². The monoisotopic (exact) mass is 351 g/mol. The average molecular weight is 351 g/mol. The number of carbonyl (C=O) groups is 1. The maximum absolute atomic E-state index is 13.4. The Morgan fingerprint density at radius 1 is 1.16 bits per heavy atom. The molecule has 1 aromatic carbocycles. The molecule has 138 valence electrons. The van der Waals surface area contributed by atoms with Crippen molar-refractivity contribution >= 4 is 11.7 Å². The maximum Gasteiger partial charge on any atom is 0.317 e. The van der Waals surface area contributed by atoms with Crippen molar-refractivity contribution in [2.75, 3.05) is 37.6 Å². The summed E-state index contributed by atoms with van der Waals surface area (Å²) in [6, 6.07) is 4.03. The highest BCUT2D eigenvalue weighted by molar-refractivity contribution is 5.74. The molecule has 3 atom stereocenters. The molecule has 25 heavy (non-hydrogen) atoms. The Morgan fingerprint density at radius 3 is 2.56 bits per heavy atom. The van der Waals surface area contributed by atoms with Crippen LogP contribution in [0.2, 0.25) is 0 Å². The second-order valence-electron chi connectivity index (χ2n) is 7.74. The lowest BCUT2D eigenvalue weighted by molar-refractivity contribution is 0.145. The number of benzene rings is 1. The molecule has 0 aromatic heterocycles. The van der Waals surface area contributed by atoms with Gasteiger partial charge in [0.05, 0.1) is 0 Å². The van der Waals surface area contributed by atoms with Gasteiger partial charge in [-0.2, -0.15) is 0 Å². The number of halogens is 2. The van der Waals surface area contributed by atoms with Gasteiger partial charge in [0.25, 0.3) is 0 Å². The average Bonchev–Trinajstić information content (AvgIpc) is 3.03. The van der Waals surface area contributed by atoms with Crippen LogP contribution < -0.4 is 10.2 Å². The molecule has 3 unspecified atom stereocenters. The predicted molar refractivity (Wildman–Crippen MR) is 94.6 cm³/mol. The van der Waals surface area contributed by atoms with Crippen LogP contribution >= 0.6 is 0 Å². The van der Waals surface area contributed by atoms with E-state index in [0.29, 0.717) is 30.0 Å². The second kappa shape index (κ2) is 7.58. The van der Waals surface area contributed by atoms with Crippen LogP contribution in [0.15, 0.2) is 18.2 Å². The van der Waals surface area contributed by atoms with Crippen molar-refractivity contribution in [2.45, 2.75) is 26.7 Å². The first-order chi connectivity index (χ1) is 11.9.